The van der Waals surface area contributed by atoms with Gasteiger partial charge in [-0.25, -0.2) is 0 Å². The van der Waals surface area contributed by atoms with Crippen LogP contribution in [0.4, 0.5) is 0 Å². The van der Waals surface area contributed by atoms with Crippen LogP contribution in [-0.4, -0.2) is 12.6 Å². The molecule has 2 aliphatic carbocycles. The van der Waals surface area contributed by atoms with Gasteiger partial charge in [0.1, 0.15) is 0 Å². The SMILES string of the molecule is CC(C)C1(C(C)C)CC2CC1C1COC(=O)C21. The molecule has 4 unspecified atom stereocenters. The van der Waals surface area contributed by atoms with Crippen LogP contribution in [0, 0.1) is 40.9 Å². The maximum Gasteiger partial charge on any atom is 0.309 e. The molecule has 0 aromatic heterocycles. The molecule has 1 aliphatic heterocycles. The number of hydrogen-bond acceptors (Lipinski definition) is 2. The number of carbonyl (C=O) groups excluding carboxylic acids is 1. The van der Waals surface area contributed by atoms with Crippen LogP contribution in [0.3, 0.4) is 0 Å². The largest absolute Gasteiger partial charge is 0.465 e. The zero-order chi connectivity index (χ0) is 12.4. The van der Waals surface area contributed by atoms with Gasteiger partial charge in [-0.3, -0.25) is 4.79 Å². The fourth-order valence-corrected chi connectivity index (χ4v) is 5.54. The van der Waals surface area contributed by atoms with Gasteiger partial charge in [0.05, 0.1) is 12.5 Å². The van der Waals surface area contributed by atoms with Crippen molar-refractivity contribution in [1.29, 1.82) is 0 Å². The normalized spacial score (nSPS) is 42.4. The van der Waals surface area contributed by atoms with Crippen molar-refractivity contribution in [3.8, 4) is 0 Å². The molecule has 0 spiro atoms. The van der Waals surface area contributed by atoms with Crippen molar-refractivity contribution >= 4 is 5.97 Å². The Bertz CT molecular complexity index is 337. The lowest BCUT2D eigenvalue weighted by molar-refractivity contribution is -0.142. The lowest BCUT2D eigenvalue weighted by atomic mass is 9.56. The minimum atomic E-state index is 0.101. The van der Waals surface area contributed by atoms with E-state index in [0.717, 1.165) is 5.92 Å². The van der Waals surface area contributed by atoms with E-state index in [4.69, 9.17) is 4.74 Å². The van der Waals surface area contributed by atoms with E-state index in [1.807, 2.05) is 0 Å². The van der Waals surface area contributed by atoms with Crippen molar-refractivity contribution in [3.05, 3.63) is 0 Å². The fourth-order valence-electron chi connectivity index (χ4n) is 5.54. The smallest absolute Gasteiger partial charge is 0.309 e. The Morgan fingerprint density at radius 3 is 2.47 bits per heavy atom. The van der Waals surface area contributed by atoms with Gasteiger partial charge in [-0.05, 0) is 41.9 Å². The highest BCUT2D eigenvalue weighted by Crippen LogP contribution is 2.67. The van der Waals surface area contributed by atoms with E-state index in [9.17, 15) is 4.79 Å². The lowest BCUT2D eigenvalue weighted by Gasteiger charge is -2.48. The first kappa shape index (κ1) is 11.6. The summed E-state index contributed by atoms with van der Waals surface area (Å²) in [6.07, 6.45) is 2.53. The third kappa shape index (κ3) is 1.25. The van der Waals surface area contributed by atoms with Crippen LogP contribution < -0.4 is 0 Å². The molecule has 4 atom stereocenters. The molecule has 3 aliphatic rings. The Labute approximate surface area is 104 Å². The Morgan fingerprint density at radius 2 is 1.88 bits per heavy atom. The molecule has 0 N–H and O–H groups in total. The first-order chi connectivity index (χ1) is 7.98. The number of esters is 1. The maximum absolute atomic E-state index is 11.8. The molecular weight excluding hydrogens is 212 g/mol. The van der Waals surface area contributed by atoms with Crippen molar-refractivity contribution < 1.29 is 9.53 Å². The van der Waals surface area contributed by atoms with Crippen molar-refractivity contribution in [2.24, 2.45) is 40.9 Å². The molecule has 2 saturated carbocycles. The predicted octanol–water partition coefficient (Wildman–Crippen LogP) is 3.11. The molecule has 0 aromatic rings. The van der Waals surface area contributed by atoms with Gasteiger partial charge in [0.2, 0.25) is 0 Å². The van der Waals surface area contributed by atoms with Gasteiger partial charge in [0.15, 0.2) is 0 Å². The molecule has 0 radical (unpaired) electrons. The fraction of sp³-hybridized carbons (Fsp3) is 0.933. The van der Waals surface area contributed by atoms with Crippen LogP contribution in [0.5, 0.6) is 0 Å². The van der Waals surface area contributed by atoms with Gasteiger partial charge in [0.25, 0.3) is 0 Å². The highest BCUT2D eigenvalue weighted by Gasteiger charge is 2.65. The summed E-state index contributed by atoms with van der Waals surface area (Å²) < 4.78 is 5.31. The molecule has 2 nitrogen and oxygen atoms in total. The van der Waals surface area contributed by atoms with Crippen LogP contribution in [0.15, 0.2) is 0 Å². The molecule has 1 saturated heterocycles. The van der Waals surface area contributed by atoms with Crippen molar-refractivity contribution in [2.45, 2.75) is 40.5 Å². The molecule has 3 rings (SSSR count). The second kappa shape index (κ2) is 3.49. The third-order valence-electron chi connectivity index (χ3n) is 6.19. The second-order valence-electron chi connectivity index (χ2n) is 7.05. The van der Waals surface area contributed by atoms with Crippen LogP contribution in [0.2, 0.25) is 0 Å². The standard InChI is InChI=1S/C15H24O2/c1-8(2)15(9(3)4)6-10-5-12(15)11-7-17-14(16)13(10)11/h8-13H,5-7H2,1-4H3. The highest BCUT2D eigenvalue weighted by molar-refractivity contribution is 5.76. The summed E-state index contributed by atoms with van der Waals surface area (Å²) in [5.74, 6) is 3.66. The summed E-state index contributed by atoms with van der Waals surface area (Å²) >= 11 is 0. The maximum atomic E-state index is 11.8. The molecule has 0 aromatic carbocycles. The van der Waals surface area contributed by atoms with Crippen LogP contribution in [0.25, 0.3) is 0 Å². The summed E-state index contributed by atoms with van der Waals surface area (Å²) in [5, 5.41) is 0. The van der Waals surface area contributed by atoms with E-state index in [1.165, 1.54) is 12.8 Å². The van der Waals surface area contributed by atoms with Gasteiger partial charge < -0.3 is 4.74 Å². The molecule has 3 fully saturated rings. The Kier molecular flexibility index (Phi) is 2.37. The third-order valence-corrected chi connectivity index (χ3v) is 6.19. The highest BCUT2D eigenvalue weighted by atomic mass is 16.5. The summed E-state index contributed by atoms with van der Waals surface area (Å²) in [4.78, 5) is 11.8. The van der Waals surface area contributed by atoms with E-state index in [2.05, 4.69) is 27.7 Å². The minimum Gasteiger partial charge on any atom is -0.465 e. The van der Waals surface area contributed by atoms with Crippen molar-refractivity contribution in [3.63, 3.8) is 0 Å². The average molecular weight is 236 g/mol. The number of rotatable bonds is 2. The topological polar surface area (TPSA) is 26.3 Å². The lowest BCUT2D eigenvalue weighted by Crippen LogP contribution is -2.44. The molecule has 96 valence electrons. The predicted molar refractivity (Wildman–Crippen MR) is 66.3 cm³/mol. The monoisotopic (exact) mass is 236 g/mol. The second-order valence-corrected chi connectivity index (χ2v) is 7.05. The first-order valence-electron chi connectivity index (χ1n) is 7.15. The van der Waals surface area contributed by atoms with Crippen molar-refractivity contribution in [1.82, 2.24) is 0 Å². The van der Waals surface area contributed by atoms with Gasteiger partial charge in [-0.15, -0.1) is 0 Å². The molecule has 1 heterocycles. The van der Waals surface area contributed by atoms with Crippen LogP contribution >= 0.6 is 0 Å². The van der Waals surface area contributed by atoms with Crippen LogP contribution in [-0.2, 0) is 9.53 Å². The van der Waals surface area contributed by atoms with Gasteiger partial charge in [0, 0.05) is 5.92 Å². The van der Waals surface area contributed by atoms with E-state index < -0.39 is 0 Å². The first-order valence-corrected chi connectivity index (χ1v) is 7.15. The number of carbonyl (C=O) groups is 1. The number of cyclic esters (lactones) is 1. The summed E-state index contributed by atoms with van der Waals surface area (Å²) in [6, 6.07) is 0. The van der Waals surface area contributed by atoms with Crippen LogP contribution in [0.1, 0.15) is 40.5 Å². The Morgan fingerprint density at radius 1 is 1.24 bits per heavy atom. The zero-order valence-electron chi connectivity index (χ0n) is 11.4. The molecular formula is C15H24O2. The molecule has 0 amide bonds. The molecule has 2 heteroatoms. The van der Waals surface area contributed by atoms with Gasteiger partial charge in [-0.2, -0.15) is 0 Å². The summed E-state index contributed by atoms with van der Waals surface area (Å²) in [6.45, 7) is 10.2. The Hall–Kier alpha value is -0.530. The molecule has 17 heavy (non-hydrogen) atoms. The van der Waals surface area contributed by atoms with Gasteiger partial charge in [-0.1, -0.05) is 27.7 Å². The zero-order valence-corrected chi connectivity index (χ0v) is 11.4. The minimum absolute atomic E-state index is 0.101. The quantitative estimate of drug-likeness (QED) is 0.689. The van der Waals surface area contributed by atoms with E-state index in [1.54, 1.807) is 0 Å². The number of ether oxygens (including phenoxy) is 1. The van der Waals surface area contributed by atoms with E-state index in [-0.39, 0.29) is 11.9 Å². The number of hydrogen-bond donors (Lipinski definition) is 0. The average Bonchev–Trinajstić information content (AvgIpc) is 2.88. The van der Waals surface area contributed by atoms with Gasteiger partial charge >= 0.3 is 5.97 Å². The van der Waals surface area contributed by atoms with Crippen molar-refractivity contribution in [2.75, 3.05) is 6.61 Å². The summed E-state index contributed by atoms with van der Waals surface area (Å²) in [7, 11) is 0. The molecule has 2 bridgehead atoms. The summed E-state index contributed by atoms with van der Waals surface area (Å²) in [5.41, 5.74) is 0.458. The Balaban J connectivity index is 1.96. The van der Waals surface area contributed by atoms with E-state index in [0.29, 0.717) is 35.7 Å². The number of fused-ring (bicyclic) bond motifs is 5. The van der Waals surface area contributed by atoms with E-state index >= 15 is 0 Å².